The Morgan fingerprint density at radius 1 is 1.30 bits per heavy atom. The standard InChI is InChI=1S/C7H5NOS/c9-5-8-6-1-3-7(10)4-2-6/h1-4,10H. The van der Waals surface area contributed by atoms with Gasteiger partial charge in [-0.15, -0.1) is 12.6 Å². The molecule has 0 unspecified atom stereocenters. The van der Waals surface area contributed by atoms with Gasteiger partial charge < -0.3 is 0 Å². The van der Waals surface area contributed by atoms with Crippen LogP contribution >= 0.6 is 12.6 Å². The molecule has 2 nitrogen and oxygen atoms in total. The highest BCUT2D eigenvalue weighted by Gasteiger charge is 1.85. The molecule has 1 aromatic rings. The lowest BCUT2D eigenvalue weighted by Crippen LogP contribution is -1.63. The van der Waals surface area contributed by atoms with Crippen LogP contribution in [0.25, 0.3) is 0 Å². The highest BCUT2D eigenvalue weighted by Crippen LogP contribution is 2.13. The highest BCUT2D eigenvalue weighted by molar-refractivity contribution is 7.80. The molecule has 1 rings (SSSR count). The van der Waals surface area contributed by atoms with Crippen LogP contribution < -0.4 is 0 Å². The Morgan fingerprint density at radius 2 is 1.90 bits per heavy atom. The van der Waals surface area contributed by atoms with Gasteiger partial charge in [0.25, 0.3) is 0 Å². The van der Waals surface area contributed by atoms with Crippen molar-refractivity contribution in [2.45, 2.75) is 4.90 Å². The molecule has 0 aliphatic carbocycles. The number of nitrogens with zero attached hydrogens (tertiary/aromatic N) is 1. The second-order valence-electron chi connectivity index (χ2n) is 1.72. The third-order valence-corrected chi connectivity index (χ3v) is 1.32. The molecule has 0 bridgehead atoms. The summed E-state index contributed by atoms with van der Waals surface area (Å²) in [6, 6.07) is 6.93. The zero-order valence-corrected chi connectivity index (χ0v) is 6.01. The van der Waals surface area contributed by atoms with Crippen molar-refractivity contribution in [1.82, 2.24) is 0 Å². The maximum absolute atomic E-state index is 9.75. The van der Waals surface area contributed by atoms with Crippen LogP contribution in [0.15, 0.2) is 34.2 Å². The van der Waals surface area contributed by atoms with Gasteiger partial charge in [0.05, 0.1) is 5.69 Å². The van der Waals surface area contributed by atoms with Gasteiger partial charge in [0.1, 0.15) is 0 Å². The van der Waals surface area contributed by atoms with Crippen molar-refractivity contribution >= 4 is 24.4 Å². The summed E-state index contributed by atoms with van der Waals surface area (Å²) in [5, 5.41) is 0. The van der Waals surface area contributed by atoms with Gasteiger partial charge in [-0.05, 0) is 24.3 Å². The van der Waals surface area contributed by atoms with E-state index < -0.39 is 0 Å². The number of hydrogen-bond acceptors (Lipinski definition) is 3. The minimum Gasteiger partial charge on any atom is -0.211 e. The second kappa shape index (κ2) is 3.20. The number of benzene rings is 1. The van der Waals surface area contributed by atoms with Crippen molar-refractivity contribution in [2.75, 3.05) is 0 Å². The average molecular weight is 151 g/mol. The van der Waals surface area contributed by atoms with Crippen molar-refractivity contribution in [3.63, 3.8) is 0 Å². The summed E-state index contributed by atoms with van der Waals surface area (Å²) >= 11 is 4.06. The molecule has 0 atom stereocenters. The minimum atomic E-state index is 0.604. The number of thiol groups is 1. The van der Waals surface area contributed by atoms with Crippen molar-refractivity contribution < 1.29 is 4.79 Å². The number of hydrogen-bond donors (Lipinski definition) is 1. The number of carbonyl (C=O) groups excluding carboxylic acids is 1. The van der Waals surface area contributed by atoms with Crippen LogP contribution in [0, 0.1) is 0 Å². The van der Waals surface area contributed by atoms with E-state index in [-0.39, 0.29) is 0 Å². The first-order valence-corrected chi connectivity index (χ1v) is 3.14. The van der Waals surface area contributed by atoms with E-state index in [4.69, 9.17) is 0 Å². The third-order valence-electron chi connectivity index (χ3n) is 1.02. The topological polar surface area (TPSA) is 29.4 Å². The van der Waals surface area contributed by atoms with Crippen LogP contribution in [0.4, 0.5) is 5.69 Å². The lowest BCUT2D eigenvalue weighted by Gasteiger charge is -1.89. The van der Waals surface area contributed by atoms with Crippen LogP contribution in [0.1, 0.15) is 0 Å². The molecule has 1 aromatic carbocycles. The fourth-order valence-corrected chi connectivity index (χ4v) is 0.729. The summed E-state index contributed by atoms with van der Waals surface area (Å²) in [6.45, 7) is 0. The van der Waals surface area contributed by atoms with Crippen LogP contribution in [-0.2, 0) is 4.79 Å². The van der Waals surface area contributed by atoms with Gasteiger partial charge in [-0.1, -0.05) is 0 Å². The molecular weight excluding hydrogens is 146 g/mol. The Kier molecular flexibility index (Phi) is 2.26. The average Bonchev–Trinajstić information content (AvgIpc) is 1.95. The summed E-state index contributed by atoms with van der Waals surface area (Å²) in [5.74, 6) is 0. The number of isocyanates is 1. The maximum Gasteiger partial charge on any atom is 0.240 e. The quantitative estimate of drug-likeness (QED) is 0.371. The molecule has 0 spiro atoms. The van der Waals surface area contributed by atoms with E-state index in [9.17, 15) is 4.79 Å². The summed E-state index contributed by atoms with van der Waals surface area (Å²) in [5.41, 5.74) is 0.604. The fourth-order valence-electron chi connectivity index (χ4n) is 0.580. The molecule has 0 heterocycles. The lowest BCUT2D eigenvalue weighted by molar-refractivity contribution is 0.565. The molecule has 0 saturated heterocycles. The molecule has 50 valence electrons. The van der Waals surface area contributed by atoms with Gasteiger partial charge in [-0.2, -0.15) is 4.99 Å². The van der Waals surface area contributed by atoms with Crippen LogP contribution in [0.3, 0.4) is 0 Å². The van der Waals surface area contributed by atoms with Crippen molar-refractivity contribution in [3.8, 4) is 0 Å². The monoisotopic (exact) mass is 151 g/mol. The van der Waals surface area contributed by atoms with Crippen molar-refractivity contribution in [2.24, 2.45) is 4.99 Å². The normalized spacial score (nSPS) is 8.50. The van der Waals surface area contributed by atoms with E-state index in [1.807, 2.05) is 0 Å². The molecule has 0 aliphatic heterocycles. The molecular formula is C7H5NOS. The Balaban J connectivity index is 3.00. The van der Waals surface area contributed by atoms with Gasteiger partial charge in [0, 0.05) is 4.90 Å². The highest BCUT2D eigenvalue weighted by atomic mass is 32.1. The first kappa shape index (κ1) is 7.06. The van der Waals surface area contributed by atoms with E-state index in [1.165, 1.54) is 6.08 Å². The number of rotatable bonds is 1. The minimum absolute atomic E-state index is 0.604. The fraction of sp³-hybridized carbons (Fsp3) is 0. The summed E-state index contributed by atoms with van der Waals surface area (Å²) < 4.78 is 0. The van der Waals surface area contributed by atoms with Crippen LogP contribution in [0.2, 0.25) is 0 Å². The van der Waals surface area contributed by atoms with Gasteiger partial charge in [-0.3, -0.25) is 0 Å². The predicted molar refractivity (Wildman–Crippen MR) is 41.5 cm³/mol. The Morgan fingerprint density at radius 3 is 2.40 bits per heavy atom. The molecule has 0 radical (unpaired) electrons. The zero-order chi connectivity index (χ0) is 7.40. The van der Waals surface area contributed by atoms with E-state index >= 15 is 0 Å². The van der Waals surface area contributed by atoms with Gasteiger partial charge in [0.15, 0.2) is 0 Å². The molecule has 0 aromatic heterocycles. The van der Waals surface area contributed by atoms with Crippen molar-refractivity contribution in [1.29, 1.82) is 0 Å². The molecule has 0 fully saturated rings. The van der Waals surface area contributed by atoms with Crippen molar-refractivity contribution in [3.05, 3.63) is 24.3 Å². The molecule has 0 saturated carbocycles. The first-order valence-electron chi connectivity index (χ1n) is 2.70. The van der Waals surface area contributed by atoms with Gasteiger partial charge in [-0.25, -0.2) is 4.79 Å². The van der Waals surface area contributed by atoms with Gasteiger partial charge in [0.2, 0.25) is 6.08 Å². The van der Waals surface area contributed by atoms with Crippen LogP contribution in [0.5, 0.6) is 0 Å². The van der Waals surface area contributed by atoms with Gasteiger partial charge >= 0.3 is 0 Å². The van der Waals surface area contributed by atoms with Crippen LogP contribution in [-0.4, -0.2) is 6.08 Å². The first-order chi connectivity index (χ1) is 4.83. The predicted octanol–water partition coefficient (Wildman–Crippen LogP) is 1.94. The summed E-state index contributed by atoms with van der Waals surface area (Å²) in [7, 11) is 0. The summed E-state index contributed by atoms with van der Waals surface area (Å²) in [4.78, 5) is 14.0. The maximum atomic E-state index is 9.75. The largest absolute Gasteiger partial charge is 0.240 e. The molecule has 0 amide bonds. The van der Waals surface area contributed by atoms with E-state index in [1.54, 1.807) is 24.3 Å². The third kappa shape index (κ3) is 1.72. The Labute approximate surface area is 64.0 Å². The number of aliphatic imine (C=N–C) groups is 1. The molecule has 0 N–H and O–H groups in total. The van der Waals surface area contributed by atoms with E-state index in [0.29, 0.717) is 5.69 Å². The van der Waals surface area contributed by atoms with E-state index in [2.05, 4.69) is 17.6 Å². The molecule has 0 aliphatic rings. The Bertz CT molecular complexity index is 261. The second-order valence-corrected chi connectivity index (χ2v) is 2.24. The molecule has 10 heavy (non-hydrogen) atoms. The smallest absolute Gasteiger partial charge is 0.211 e. The molecule has 3 heteroatoms. The van der Waals surface area contributed by atoms with E-state index in [0.717, 1.165) is 4.90 Å². The zero-order valence-electron chi connectivity index (χ0n) is 5.11. The lowest BCUT2D eigenvalue weighted by atomic mass is 10.3. The SMILES string of the molecule is O=C=Nc1ccc(S)cc1. The summed E-state index contributed by atoms with van der Waals surface area (Å²) in [6.07, 6.45) is 1.45. The Hall–Kier alpha value is -1.05.